The van der Waals surface area contributed by atoms with Crippen LogP contribution in [0, 0.1) is 27.7 Å². The lowest BCUT2D eigenvalue weighted by Gasteiger charge is -2.34. The summed E-state index contributed by atoms with van der Waals surface area (Å²) in [5, 5.41) is 17.5. The Kier molecular flexibility index (Phi) is 5.56. The minimum Gasteiger partial charge on any atom is -0.352 e. The van der Waals surface area contributed by atoms with Crippen molar-refractivity contribution in [1.82, 2.24) is 34.1 Å². The van der Waals surface area contributed by atoms with Gasteiger partial charge >= 0.3 is 0 Å². The number of hydrogen-bond donors (Lipinski definition) is 0. The number of nitrogens with zero attached hydrogens (tertiary/aromatic N) is 8. The fraction of sp³-hybridized carbons (Fsp3) is 0.500. The summed E-state index contributed by atoms with van der Waals surface area (Å²) in [6.07, 6.45) is 0. The molecule has 0 spiro atoms. The second-order valence-electron chi connectivity index (χ2n) is 7.80. The molecule has 4 heterocycles. The molecule has 11 heteroatoms. The molecule has 0 amide bonds. The second kappa shape index (κ2) is 8.04. The summed E-state index contributed by atoms with van der Waals surface area (Å²) in [5.41, 5.74) is 3.16. The van der Waals surface area contributed by atoms with Crippen LogP contribution in [0.2, 0.25) is 0 Å². The Bertz CT molecular complexity index is 1190. The van der Waals surface area contributed by atoms with Crippen LogP contribution in [-0.2, 0) is 16.6 Å². The number of aromatic nitrogens is 6. The van der Waals surface area contributed by atoms with Crippen molar-refractivity contribution >= 4 is 15.8 Å². The molecule has 3 aromatic rings. The van der Waals surface area contributed by atoms with Crippen molar-refractivity contribution in [2.24, 2.45) is 0 Å². The summed E-state index contributed by atoms with van der Waals surface area (Å²) in [4.78, 5) is 2.39. The predicted octanol–water partition coefficient (Wildman–Crippen LogP) is 1.62. The molecule has 0 saturated carbocycles. The van der Waals surface area contributed by atoms with Gasteiger partial charge in [-0.25, -0.2) is 13.1 Å². The van der Waals surface area contributed by atoms with Crippen LogP contribution < -0.4 is 4.90 Å². The predicted molar refractivity (Wildman–Crippen MR) is 117 cm³/mol. The third-order valence-corrected chi connectivity index (χ3v) is 7.79. The fourth-order valence-electron chi connectivity index (χ4n) is 4.11. The summed E-state index contributed by atoms with van der Waals surface area (Å²) in [5.74, 6) is 1.39. The van der Waals surface area contributed by atoms with E-state index in [0.717, 1.165) is 17.2 Å². The Labute approximate surface area is 182 Å². The van der Waals surface area contributed by atoms with Crippen molar-refractivity contribution in [3.63, 3.8) is 0 Å². The molecule has 0 aliphatic carbocycles. The minimum atomic E-state index is -3.59. The maximum absolute atomic E-state index is 13.3. The van der Waals surface area contributed by atoms with Crippen LogP contribution in [0.5, 0.6) is 0 Å². The molecular weight excluding hydrogens is 416 g/mol. The number of piperazine rings is 1. The highest BCUT2D eigenvalue weighted by molar-refractivity contribution is 7.89. The number of rotatable bonds is 5. The Hall–Kier alpha value is -2.79. The fourth-order valence-corrected chi connectivity index (χ4v) is 5.90. The van der Waals surface area contributed by atoms with E-state index < -0.39 is 10.0 Å². The van der Waals surface area contributed by atoms with E-state index in [9.17, 15) is 8.42 Å². The van der Waals surface area contributed by atoms with E-state index in [2.05, 4.69) is 25.3 Å². The largest absolute Gasteiger partial charge is 0.352 e. The van der Waals surface area contributed by atoms with E-state index >= 15 is 0 Å². The Balaban J connectivity index is 1.47. The van der Waals surface area contributed by atoms with Gasteiger partial charge in [0.15, 0.2) is 11.6 Å². The first kappa shape index (κ1) is 21.4. The molecule has 1 aliphatic rings. The molecule has 0 unspecified atom stereocenters. The highest BCUT2D eigenvalue weighted by Crippen LogP contribution is 2.25. The lowest BCUT2D eigenvalue weighted by Crippen LogP contribution is -2.49. The van der Waals surface area contributed by atoms with Crippen LogP contribution in [0.25, 0.3) is 5.82 Å². The van der Waals surface area contributed by atoms with Gasteiger partial charge in [-0.05, 0) is 52.8 Å². The van der Waals surface area contributed by atoms with Crippen LogP contribution in [0.15, 0.2) is 23.1 Å². The molecule has 0 bridgehead atoms. The average molecular weight is 445 g/mol. The summed E-state index contributed by atoms with van der Waals surface area (Å²) in [6, 6.07) is 5.78. The van der Waals surface area contributed by atoms with E-state index in [1.54, 1.807) is 16.3 Å². The van der Waals surface area contributed by atoms with Crippen LogP contribution in [-0.4, -0.2) is 68.7 Å². The maximum Gasteiger partial charge on any atom is 0.246 e. The molecule has 1 saturated heterocycles. The van der Waals surface area contributed by atoms with Crippen LogP contribution in [0.1, 0.15) is 29.7 Å². The molecule has 1 aliphatic heterocycles. The smallest absolute Gasteiger partial charge is 0.246 e. The zero-order valence-electron chi connectivity index (χ0n) is 18.6. The molecule has 31 heavy (non-hydrogen) atoms. The quantitative estimate of drug-likeness (QED) is 0.589. The summed E-state index contributed by atoms with van der Waals surface area (Å²) >= 11 is 0. The second-order valence-corrected chi connectivity index (χ2v) is 9.67. The molecule has 166 valence electrons. The molecule has 1 fully saturated rings. The lowest BCUT2D eigenvalue weighted by atomic mass is 10.3. The first-order chi connectivity index (χ1) is 14.7. The van der Waals surface area contributed by atoms with E-state index in [1.807, 2.05) is 45.9 Å². The Morgan fingerprint density at radius 1 is 0.935 bits per heavy atom. The summed E-state index contributed by atoms with van der Waals surface area (Å²) in [7, 11) is -3.59. The highest BCUT2D eigenvalue weighted by Gasteiger charge is 2.33. The molecule has 10 nitrogen and oxygen atoms in total. The number of hydrogen-bond acceptors (Lipinski definition) is 7. The van der Waals surface area contributed by atoms with Gasteiger partial charge in [-0.1, -0.05) is 0 Å². The van der Waals surface area contributed by atoms with Gasteiger partial charge < -0.3 is 4.90 Å². The SMILES string of the molecule is CCn1nc(C)c(S(=O)(=O)N2CCN(c3ccc(-n4nc(C)cc4C)nn3)CC2)c1C. The molecule has 0 atom stereocenters. The maximum atomic E-state index is 13.3. The summed E-state index contributed by atoms with van der Waals surface area (Å²) in [6.45, 7) is 11.9. The first-order valence-electron chi connectivity index (χ1n) is 10.4. The van der Waals surface area contributed by atoms with E-state index in [-0.39, 0.29) is 0 Å². The van der Waals surface area contributed by atoms with Crippen molar-refractivity contribution in [1.29, 1.82) is 0 Å². The Morgan fingerprint density at radius 3 is 2.10 bits per heavy atom. The van der Waals surface area contributed by atoms with Gasteiger partial charge in [0, 0.05) is 38.4 Å². The van der Waals surface area contributed by atoms with Gasteiger partial charge in [0.1, 0.15) is 4.90 Å². The van der Waals surface area contributed by atoms with Crippen LogP contribution in [0.4, 0.5) is 5.82 Å². The average Bonchev–Trinajstić information content (AvgIpc) is 3.25. The molecular formula is C20H28N8O2S. The van der Waals surface area contributed by atoms with Gasteiger partial charge in [-0.3, -0.25) is 4.68 Å². The van der Waals surface area contributed by atoms with Crippen molar-refractivity contribution in [3.8, 4) is 5.82 Å². The molecule has 0 N–H and O–H groups in total. The zero-order valence-corrected chi connectivity index (χ0v) is 19.4. The van der Waals surface area contributed by atoms with E-state index in [1.165, 1.54) is 4.31 Å². The van der Waals surface area contributed by atoms with Crippen LogP contribution >= 0.6 is 0 Å². The zero-order chi connectivity index (χ0) is 22.3. The van der Waals surface area contributed by atoms with Gasteiger partial charge in [0.2, 0.25) is 10.0 Å². The first-order valence-corrected chi connectivity index (χ1v) is 11.8. The molecule has 4 rings (SSSR count). The standard InChI is InChI=1S/C20H28N8O2S/c1-6-27-17(5)20(16(4)24-27)31(29,30)26-11-9-25(10-12-26)18-7-8-19(22-21-18)28-15(3)13-14(2)23-28/h7-8,13H,6,9-12H2,1-5H3. The molecule has 0 aromatic carbocycles. The van der Waals surface area contributed by atoms with Crippen molar-refractivity contribution in [2.75, 3.05) is 31.1 Å². The number of sulfonamides is 1. The third kappa shape index (κ3) is 3.83. The molecule has 3 aromatic heterocycles. The van der Waals surface area contributed by atoms with Gasteiger partial charge in [0.05, 0.1) is 17.1 Å². The van der Waals surface area contributed by atoms with Gasteiger partial charge in [-0.2, -0.15) is 14.5 Å². The monoisotopic (exact) mass is 444 g/mol. The summed E-state index contributed by atoms with van der Waals surface area (Å²) < 4.78 is 31.5. The topological polar surface area (TPSA) is 102 Å². The van der Waals surface area contributed by atoms with Gasteiger partial charge in [-0.15, -0.1) is 10.2 Å². The third-order valence-electron chi connectivity index (χ3n) is 5.64. The van der Waals surface area contributed by atoms with Crippen molar-refractivity contribution < 1.29 is 8.42 Å². The normalized spacial score (nSPS) is 15.6. The van der Waals surface area contributed by atoms with Crippen molar-refractivity contribution in [2.45, 2.75) is 46.1 Å². The minimum absolute atomic E-state index is 0.330. The van der Waals surface area contributed by atoms with Gasteiger partial charge in [0.25, 0.3) is 0 Å². The lowest BCUT2D eigenvalue weighted by molar-refractivity contribution is 0.383. The van der Waals surface area contributed by atoms with E-state index in [0.29, 0.717) is 54.8 Å². The number of aryl methyl sites for hydroxylation is 4. The van der Waals surface area contributed by atoms with Crippen molar-refractivity contribution in [3.05, 3.63) is 41.0 Å². The van der Waals surface area contributed by atoms with E-state index in [4.69, 9.17) is 0 Å². The Morgan fingerprint density at radius 2 is 1.58 bits per heavy atom. The number of anilines is 1. The molecule has 0 radical (unpaired) electrons. The van der Waals surface area contributed by atoms with Crippen LogP contribution in [0.3, 0.4) is 0 Å². The highest BCUT2D eigenvalue weighted by atomic mass is 32.2.